The molecule has 5 heteroatoms. The van der Waals surface area contributed by atoms with Crippen molar-refractivity contribution in [1.29, 1.82) is 0 Å². The van der Waals surface area contributed by atoms with Gasteiger partial charge in [-0.1, -0.05) is 30.3 Å². The van der Waals surface area contributed by atoms with Gasteiger partial charge in [0.15, 0.2) is 5.82 Å². The summed E-state index contributed by atoms with van der Waals surface area (Å²) in [5.41, 5.74) is 3.47. The Morgan fingerprint density at radius 3 is 2.67 bits per heavy atom. The molecule has 1 unspecified atom stereocenters. The third-order valence-electron chi connectivity index (χ3n) is 4.61. The maximum absolute atomic E-state index is 4.53. The zero-order valence-electron chi connectivity index (χ0n) is 13.6. The van der Waals surface area contributed by atoms with Gasteiger partial charge >= 0.3 is 0 Å². The minimum absolute atomic E-state index is 0.547. The Hall–Kier alpha value is -2.53. The van der Waals surface area contributed by atoms with E-state index in [0.29, 0.717) is 5.92 Å². The highest BCUT2D eigenvalue weighted by atomic mass is 15.1. The van der Waals surface area contributed by atoms with Gasteiger partial charge in [-0.2, -0.15) is 5.10 Å². The highest BCUT2D eigenvalue weighted by molar-refractivity contribution is 5.53. The van der Waals surface area contributed by atoms with Crippen LogP contribution < -0.4 is 0 Å². The summed E-state index contributed by atoms with van der Waals surface area (Å²) in [4.78, 5) is 11.5. The van der Waals surface area contributed by atoms with Crippen molar-refractivity contribution in [2.24, 2.45) is 0 Å². The summed E-state index contributed by atoms with van der Waals surface area (Å²) >= 11 is 0. The lowest BCUT2D eigenvalue weighted by Crippen LogP contribution is -2.34. The van der Waals surface area contributed by atoms with Crippen LogP contribution in [0.4, 0.5) is 0 Å². The van der Waals surface area contributed by atoms with Gasteiger partial charge in [0.1, 0.15) is 0 Å². The predicted molar refractivity (Wildman–Crippen MR) is 93.3 cm³/mol. The van der Waals surface area contributed by atoms with Crippen LogP contribution >= 0.6 is 0 Å². The van der Waals surface area contributed by atoms with Crippen LogP contribution in [0.3, 0.4) is 0 Å². The van der Waals surface area contributed by atoms with Crippen LogP contribution in [0.15, 0.2) is 55.0 Å². The van der Waals surface area contributed by atoms with E-state index >= 15 is 0 Å². The molecular formula is C19H21N5. The van der Waals surface area contributed by atoms with Gasteiger partial charge in [-0.05, 0) is 25.5 Å². The fourth-order valence-corrected chi connectivity index (χ4v) is 3.38. The molecule has 0 spiro atoms. The molecule has 0 amide bonds. The van der Waals surface area contributed by atoms with Crippen LogP contribution in [0.5, 0.6) is 0 Å². The highest BCUT2D eigenvalue weighted by Gasteiger charge is 2.22. The summed E-state index contributed by atoms with van der Waals surface area (Å²) in [7, 11) is 0. The van der Waals surface area contributed by atoms with Gasteiger partial charge in [-0.15, -0.1) is 0 Å². The Bertz CT molecular complexity index is 752. The van der Waals surface area contributed by atoms with E-state index < -0.39 is 0 Å². The fraction of sp³-hybridized carbons (Fsp3) is 0.316. The summed E-state index contributed by atoms with van der Waals surface area (Å²) in [6.45, 7) is 3.09. The smallest absolute Gasteiger partial charge is 0.159 e. The molecule has 1 aliphatic heterocycles. The first-order valence-electron chi connectivity index (χ1n) is 8.46. The molecule has 0 bridgehead atoms. The zero-order chi connectivity index (χ0) is 16.2. The predicted octanol–water partition coefficient (Wildman–Crippen LogP) is 3.25. The number of aromatic amines is 1. The summed E-state index contributed by atoms with van der Waals surface area (Å²) in [6.07, 6.45) is 8.18. The molecule has 2 aromatic heterocycles. The molecule has 4 rings (SSSR count). The van der Waals surface area contributed by atoms with Crippen LogP contribution in [-0.4, -0.2) is 38.2 Å². The number of likely N-dealkylation sites (tertiary alicyclic amines) is 1. The van der Waals surface area contributed by atoms with Gasteiger partial charge in [0.2, 0.25) is 0 Å². The standard InChI is InChI=1S/C19H21N5/c1-2-5-16(6-3-1)19-20-11-15(12-21-19)13-24-10-4-7-17(14-24)18-8-9-22-23-18/h1-3,5-6,8-9,11-12,17H,4,7,10,13-14H2,(H,22,23). The average Bonchev–Trinajstić information content (AvgIpc) is 3.18. The van der Waals surface area contributed by atoms with E-state index in [1.165, 1.54) is 24.1 Å². The van der Waals surface area contributed by atoms with Crippen LogP contribution in [-0.2, 0) is 6.54 Å². The van der Waals surface area contributed by atoms with Gasteiger partial charge in [0, 0.05) is 54.4 Å². The topological polar surface area (TPSA) is 57.7 Å². The third kappa shape index (κ3) is 3.36. The number of nitrogens with zero attached hydrogens (tertiary/aromatic N) is 4. The molecule has 24 heavy (non-hydrogen) atoms. The van der Waals surface area contributed by atoms with Gasteiger partial charge in [0.05, 0.1) is 0 Å². The molecule has 1 atom stereocenters. The van der Waals surface area contributed by atoms with Crippen LogP contribution in [0, 0.1) is 0 Å². The van der Waals surface area contributed by atoms with Crippen LogP contribution in [0.1, 0.15) is 30.0 Å². The van der Waals surface area contributed by atoms with Crippen LogP contribution in [0.25, 0.3) is 11.4 Å². The van der Waals surface area contributed by atoms with Gasteiger partial charge in [-0.25, -0.2) is 9.97 Å². The van der Waals surface area contributed by atoms with Gasteiger partial charge < -0.3 is 0 Å². The number of hydrogen-bond acceptors (Lipinski definition) is 4. The summed E-state index contributed by atoms with van der Waals surface area (Å²) < 4.78 is 0. The third-order valence-corrected chi connectivity index (χ3v) is 4.61. The van der Waals surface area contributed by atoms with Crippen molar-refractivity contribution in [3.63, 3.8) is 0 Å². The van der Waals surface area contributed by atoms with E-state index in [4.69, 9.17) is 0 Å². The Morgan fingerprint density at radius 2 is 1.92 bits per heavy atom. The Morgan fingerprint density at radius 1 is 1.08 bits per heavy atom. The van der Waals surface area contributed by atoms with Crippen LogP contribution in [0.2, 0.25) is 0 Å². The zero-order valence-corrected chi connectivity index (χ0v) is 13.6. The molecular weight excluding hydrogens is 298 g/mol. The quantitative estimate of drug-likeness (QED) is 0.802. The highest BCUT2D eigenvalue weighted by Crippen LogP contribution is 2.26. The molecule has 1 aromatic carbocycles. The number of hydrogen-bond donors (Lipinski definition) is 1. The summed E-state index contributed by atoms with van der Waals surface area (Å²) in [6, 6.07) is 12.2. The SMILES string of the molecule is c1ccc(-c2ncc(CN3CCCC(c4ccn[nH]4)C3)cn2)cc1. The molecule has 1 fully saturated rings. The molecule has 1 saturated heterocycles. The normalized spacial score (nSPS) is 18.6. The maximum Gasteiger partial charge on any atom is 0.159 e. The molecule has 3 heterocycles. The second kappa shape index (κ2) is 6.93. The Balaban J connectivity index is 1.42. The van der Waals surface area contributed by atoms with Crippen molar-refractivity contribution < 1.29 is 0 Å². The van der Waals surface area contributed by atoms with Crippen molar-refractivity contribution in [1.82, 2.24) is 25.1 Å². The van der Waals surface area contributed by atoms with Gasteiger partial charge in [-0.3, -0.25) is 10.00 Å². The van der Waals surface area contributed by atoms with E-state index in [1.807, 2.05) is 48.9 Å². The minimum atomic E-state index is 0.547. The minimum Gasteiger partial charge on any atom is -0.298 e. The van der Waals surface area contributed by atoms with Gasteiger partial charge in [0.25, 0.3) is 0 Å². The molecule has 1 N–H and O–H groups in total. The first-order valence-corrected chi connectivity index (χ1v) is 8.46. The lowest BCUT2D eigenvalue weighted by atomic mass is 9.95. The summed E-state index contributed by atoms with van der Waals surface area (Å²) in [5, 5.41) is 7.20. The molecule has 1 aliphatic rings. The van der Waals surface area contributed by atoms with Crippen molar-refractivity contribution in [3.8, 4) is 11.4 Å². The second-order valence-electron chi connectivity index (χ2n) is 6.37. The first kappa shape index (κ1) is 15.0. The maximum atomic E-state index is 4.53. The lowest BCUT2D eigenvalue weighted by Gasteiger charge is -2.32. The molecule has 5 nitrogen and oxygen atoms in total. The largest absolute Gasteiger partial charge is 0.298 e. The number of piperidine rings is 1. The Kier molecular flexibility index (Phi) is 4.34. The Labute approximate surface area is 141 Å². The van der Waals surface area contributed by atoms with Crippen molar-refractivity contribution >= 4 is 0 Å². The number of H-pyrrole nitrogens is 1. The van der Waals surface area contributed by atoms with E-state index in [1.54, 1.807) is 0 Å². The average molecular weight is 319 g/mol. The molecule has 0 saturated carbocycles. The number of aromatic nitrogens is 4. The molecule has 3 aromatic rings. The molecule has 122 valence electrons. The first-order chi connectivity index (χ1) is 11.9. The number of benzene rings is 1. The van der Waals surface area contributed by atoms with Crippen molar-refractivity contribution in [2.45, 2.75) is 25.3 Å². The molecule has 0 radical (unpaired) electrons. The van der Waals surface area contributed by atoms with Crippen molar-refractivity contribution in [3.05, 3.63) is 66.2 Å². The lowest BCUT2D eigenvalue weighted by molar-refractivity contribution is 0.198. The van der Waals surface area contributed by atoms with E-state index in [0.717, 1.165) is 31.0 Å². The fourth-order valence-electron chi connectivity index (χ4n) is 3.38. The monoisotopic (exact) mass is 319 g/mol. The van der Waals surface area contributed by atoms with E-state index in [2.05, 4.69) is 31.1 Å². The summed E-state index contributed by atoms with van der Waals surface area (Å²) in [5.74, 6) is 1.33. The van der Waals surface area contributed by atoms with E-state index in [9.17, 15) is 0 Å². The van der Waals surface area contributed by atoms with Crippen molar-refractivity contribution in [2.75, 3.05) is 13.1 Å². The second-order valence-corrected chi connectivity index (χ2v) is 6.37. The number of rotatable bonds is 4. The van der Waals surface area contributed by atoms with E-state index in [-0.39, 0.29) is 0 Å². The molecule has 0 aliphatic carbocycles. The number of nitrogens with one attached hydrogen (secondary N) is 1.